The van der Waals surface area contributed by atoms with E-state index in [4.69, 9.17) is 0 Å². The topological polar surface area (TPSA) is 20.3 Å². The molecule has 1 aliphatic rings. The lowest BCUT2D eigenvalue weighted by Crippen LogP contribution is -2.36. The van der Waals surface area contributed by atoms with E-state index < -0.39 is 0 Å². The molecular weight excluding hydrogens is 229 g/mol. The minimum absolute atomic E-state index is 0.152. The van der Waals surface area contributed by atoms with Crippen molar-refractivity contribution in [1.82, 2.24) is 4.90 Å². The summed E-state index contributed by atoms with van der Waals surface area (Å²) in [5.41, 5.74) is 0.885. The number of benzene rings is 1. The lowest BCUT2D eigenvalue weighted by Gasteiger charge is -2.24. The first-order valence-electron chi connectivity index (χ1n) is 6.58. The molecule has 2 nitrogen and oxygen atoms in total. The number of nitrogens with zero attached hydrogens (tertiary/aromatic N) is 1. The molecule has 0 spiro atoms. The minimum atomic E-state index is -0.236. The van der Waals surface area contributed by atoms with Crippen molar-refractivity contribution < 1.29 is 9.18 Å². The Bertz CT molecular complexity index is 428. The number of hydrogen-bond acceptors (Lipinski definition) is 1. The van der Waals surface area contributed by atoms with Gasteiger partial charge in [0.25, 0.3) is 0 Å². The normalized spacial score (nSPS) is 16.4. The Hall–Kier alpha value is -1.38. The Kier molecular flexibility index (Phi) is 4.00. The maximum absolute atomic E-state index is 13.0. The monoisotopic (exact) mass is 249 g/mol. The molecule has 0 radical (unpaired) electrons. The van der Waals surface area contributed by atoms with E-state index in [0.717, 1.165) is 5.56 Å². The fourth-order valence-electron chi connectivity index (χ4n) is 2.24. The van der Waals surface area contributed by atoms with Crippen molar-refractivity contribution in [3.05, 3.63) is 35.6 Å². The van der Waals surface area contributed by atoms with Gasteiger partial charge in [-0.15, -0.1) is 0 Å². The van der Waals surface area contributed by atoms with Crippen LogP contribution in [0.25, 0.3) is 0 Å². The van der Waals surface area contributed by atoms with Crippen LogP contribution >= 0.6 is 0 Å². The first kappa shape index (κ1) is 13.1. The van der Waals surface area contributed by atoms with E-state index in [1.54, 1.807) is 6.07 Å². The van der Waals surface area contributed by atoms with E-state index in [-0.39, 0.29) is 11.7 Å². The zero-order valence-corrected chi connectivity index (χ0v) is 11.0. The first-order chi connectivity index (χ1) is 8.58. The highest BCUT2D eigenvalue weighted by atomic mass is 19.1. The SMILES string of the molecule is C[C@@H](C1CC1)N(C)C(=O)CCc1cccc(F)c1. The summed E-state index contributed by atoms with van der Waals surface area (Å²) < 4.78 is 13.0. The molecule has 1 aromatic carbocycles. The van der Waals surface area contributed by atoms with E-state index in [1.165, 1.54) is 25.0 Å². The second-order valence-corrected chi connectivity index (χ2v) is 5.21. The quantitative estimate of drug-likeness (QED) is 0.785. The van der Waals surface area contributed by atoms with Gasteiger partial charge in [-0.2, -0.15) is 0 Å². The van der Waals surface area contributed by atoms with Crippen LogP contribution in [-0.4, -0.2) is 23.9 Å². The Morgan fingerprint density at radius 2 is 2.22 bits per heavy atom. The van der Waals surface area contributed by atoms with Gasteiger partial charge in [-0.25, -0.2) is 4.39 Å². The molecule has 0 N–H and O–H groups in total. The van der Waals surface area contributed by atoms with E-state index in [1.807, 2.05) is 18.0 Å². The summed E-state index contributed by atoms with van der Waals surface area (Å²) in [5.74, 6) is 0.603. The van der Waals surface area contributed by atoms with Crippen LogP contribution in [-0.2, 0) is 11.2 Å². The van der Waals surface area contributed by atoms with Crippen LogP contribution in [0.1, 0.15) is 31.7 Å². The highest BCUT2D eigenvalue weighted by Gasteiger charge is 2.32. The number of amides is 1. The third kappa shape index (κ3) is 3.31. The van der Waals surface area contributed by atoms with Gasteiger partial charge in [0.15, 0.2) is 0 Å². The Balaban J connectivity index is 1.84. The van der Waals surface area contributed by atoms with Crippen LogP contribution in [0.5, 0.6) is 0 Å². The first-order valence-corrected chi connectivity index (χ1v) is 6.58. The van der Waals surface area contributed by atoms with Gasteiger partial charge >= 0.3 is 0 Å². The molecule has 0 saturated heterocycles. The fourth-order valence-corrected chi connectivity index (χ4v) is 2.24. The molecule has 98 valence electrons. The third-order valence-electron chi connectivity index (χ3n) is 3.83. The van der Waals surface area contributed by atoms with Crippen LogP contribution < -0.4 is 0 Å². The maximum atomic E-state index is 13.0. The van der Waals surface area contributed by atoms with Gasteiger partial charge in [-0.1, -0.05) is 12.1 Å². The van der Waals surface area contributed by atoms with Gasteiger partial charge in [-0.05, 0) is 49.8 Å². The highest BCUT2D eigenvalue weighted by Crippen LogP contribution is 2.34. The van der Waals surface area contributed by atoms with E-state index in [0.29, 0.717) is 24.8 Å². The van der Waals surface area contributed by atoms with Crippen molar-refractivity contribution >= 4 is 5.91 Å². The maximum Gasteiger partial charge on any atom is 0.222 e. The average molecular weight is 249 g/mol. The van der Waals surface area contributed by atoms with Gasteiger partial charge in [0.2, 0.25) is 5.91 Å². The molecule has 1 fully saturated rings. The Morgan fingerprint density at radius 1 is 1.50 bits per heavy atom. The minimum Gasteiger partial charge on any atom is -0.343 e. The summed E-state index contributed by atoms with van der Waals surface area (Å²) in [6.45, 7) is 2.11. The molecule has 0 unspecified atom stereocenters. The summed E-state index contributed by atoms with van der Waals surface area (Å²) in [5, 5.41) is 0. The van der Waals surface area contributed by atoms with Crippen molar-refractivity contribution in [3.63, 3.8) is 0 Å². The van der Waals surface area contributed by atoms with Crippen LogP contribution in [0.3, 0.4) is 0 Å². The summed E-state index contributed by atoms with van der Waals surface area (Å²) in [4.78, 5) is 13.9. The predicted octanol–water partition coefficient (Wildman–Crippen LogP) is 3.02. The molecule has 3 heteroatoms. The largest absolute Gasteiger partial charge is 0.343 e. The van der Waals surface area contributed by atoms with Crippen LogP contribution in [0.15, 0.2) is 24.3 Å². The molecule has 0 heterocycles. The van der Waals surface area contributed by atoms with E-state index in [9.17, 15) is 9.18 Å². The summed E-state index contributed by atoms with van der Waals surface area (Å²) in [6.07, 6.45) is 3.54. The van der Waals surface area contributed by atoms with Gasteiger partial charge in [-0.3, -0.25) is 4.79 Å². The number of halogens is 1. The molecule has 18 heavy (non-hydrogen) atoms. The van der Waals surface area contributed by atoms with Gasteiger partial charge in [0.1, 0.15) is 5.82 Å². The average Bonchev–Trinajstić information content (AvgIpc) is 3.18. The van der Waals surface area contributed by atoms with Crippen LogP contribution in [0, 0.1) is 11.7 Å². The molecule has 1 saturated carbocycles. The van der Waals surface area contributed by atoms with Crippen molar-refractivity contribution in [1.29, 1.82) is 0 Å². The summed E-state index contributed by atoms with van der Waals surface area (Å²) >= 11 is 0. The van der Waals surface area contributed by atoms with E-state index in [2.05, 4.69) is 6.92 Å². The van der Waals surface area contributed by atoms with Crippen molar-refractivity contribution in [2.24, 2.45) is 5.92 Å². The number of hydrogen-bond donors (Lipinski definition) is 0. The summed E-state index contributed by atoms with van der Waals surface area (Å²) in [6, 6.07) is 6.81. The zero-order valence-electron chi connectivity index (χ0n) is 11.0. The lowest BCUT2D eigenvalue weighted by atomic mass is 10.1. The zero-order chi connectivity index (χ0) is 13.1. The number of carbonyl (C=O) groups excluding carboxylic acids is 1. The fraction of sp³-hybridized carbons (Fsp3) is 0.533. The molecule has 1 aromatic rings. The van der Waals surface area contributed by atoms with Gasteiger partial charge in [0, 0.05) is 19.5 Å². The number of aryl methyl sites for hydroxylation is 1. The second-order valence-electron chi connectivity index (χ2n) is 5.21. The summed E-state index contributed by atoms with van der Waals surface area (Å²) in [7, 11) is 1.87. The van der Waals surface area contributed by atoms with Crippen molar-refractivity contribution in [2.75, 3.05) is 7.05 Å². The highest BCUT2D eigenvalue weighted by molar-refractivity contribution is 5.76. The van der Waals surface area contributed by atoms with Crippen molar-refractivity contribution in [2.45, 2.75) is 38.6 Å². The van der Waals surface area contributed by atoms with E-state index >= 15 is 0 Å². The Labute approximate surface area is 108 Å². The molecule has 0 bridgehead atoms. The number of carbonyl (C=O) groups is 1. The second kappa shape index (κ2) is 5.51. The third-order valence-corrected chi connectivity index (χ3v) is 3.83. The van der Waals surface area contributed by atoms with Gasteiger partial charge < -0.3 is 4.90 Å². The Morgan fingerprint density at radius 3 is 2.83 bits per heavy atom. The van der Waals surface area contributed by atoms with Crippen molar-refractivity contribution in [3.8, 4) is 0 Å². The molecule has 1 aliphatic carbocycles. The molecular formula is C15H20FNO. The lowest BCUT2D eigenvalue weighted by molar-refractivity contribution is -0.132. The van der Waals surface area contributed by atoms with Gasteiger partial charge in [0.05, 0.1) is 0 Å². The molecule has 2 rings (SSSR count). The van der Waals surface area contributed by atoms with Crippen LogP contribution in [0.4, 0.5) is 4.39 Å². The molecule has 0 aromatic heterocycles. The smallest absolute Gasteiger partial charge is 0.222 e. The standard InChI is InChI=1S/C15H20FNO/c1-11(13-7-8-13)17(2)15(18)9-6-12-4-3-5-14(16)10-12/h3-5,10-11,13H,6-9H2,1-2H3/t11-/m0/s1. The molecule has 1 atom stereocenters. The number of rotatable bonds is 5. The predicted molar refractivity (Wildman–Crippen MR) is 69.7 cm³/mol. The van der Waals surface area contributed by atoms with Crippen LogP contribution in [0.2, 0.25) is 0 Å². The molecule has 0 aliphatic heterocycles. The molecule has 1 amide bonds.